The number of carbonyl (C=O) groups excluding carboxylic acids is 4. The van der Waals surface area contributed by atoms with Crippen molar-refractivity contribution in [3.05, 3.63) is 23.3 Å². The summed E-state index contributed by atoms with van der Waals surface area (Å²) in [5, 5.41) is 0. The predicted octanol–water partition coefficient (Wildman–Crippen LogP) is 0.944. The molecule has 4 aliphatic carbocycles. The van der Waals surface area contributed by atoms with Gasteiger partial charge in [0.2, 0.25) is 0 Å². The van der Waals surface area contributed by atoms with Crippen LogP contribution in [0.5, 0.6) is 0 Å². The Hall–Kier alpha value is -2.64. The van der Waals surface area contributed by atoms with Gasteiger partial charge in [0.05, 0.1) is 25.4 Å². The summed E-state index contributed by atoms with van der Waals surface area (Å²) in [6, 6.07) is 0. The maximum atomic E-state index is 12.5. The SMILES string of the molecule is COC(=O)C1=C(C(=O)OC)[C@@]2(C)C=C[C@H]1[C@H]1[C@@H](OC(C)=O)[C@@H](OC(C)=O)[C@H]12. The quantitative estimate of drug-likeness (QED) is 0.404. The second-order valence-electron chi connectivity index (χ2n) is 7.19. The molecule has 4 rings (SSSR count). The minimum Gasteiger partial charge on any atom is -0.466 e. The maximum absolute atomic E-state index is 12.5. The van der Waals surface area contributed by atoms with Crippen molar-refractivity contribution in [1.29, 1.82) is 0 Å². The van der Waals surface area contributed by atoms with Gasteiger partial charge < -0.3 is 18.9 Å². The Morgan fingerprint density at radius 1 is 0.926 bits per heavy atom. The van der Waals surface area contributed by atoms with Gasteiger partial charge in [-0.1, -0.05) is 19.1 Å². The maximum Gasteiger partial charge on any atom is 0.335 e. The van der Waals surface area contributed by atoms with Gasteiger partial charge >= 0.3 is 23.9 Å². The lowest BCUT2D eigenvalue weighted by Gasteiger charge is -2.63. The number of methoxy groups -OCH3 is 2. The third-order valence-corrected chi connectivity index (χ3v) is 5.77. The fraction of sp³-hybridized carbons (Fsp3) is 0.579. The van der Waals surface area contributed by atoms with E-state index in [0.29, 0.717) is 0 Å². The van der Waals surface area contributed by atoms with Gasteiger partial charge in [-0.3, -0.25) is 9.59 Å². The second kappa shape index (κ2) is 6.51. The molecule has 0 amide bonds. The number of allylic oxidation sites excluding steroid dienone is 2. The summed E-state index contributed by atoms with van der Waals surface area (Å²) in [6.07, 6.45) is 2.23. The van der Waals surface area contributed by atoms with Crippen LogP contribution in [0.2, 0.25) is 0 Å². The number of ether oxygens (including phenoxy) is 4. The van der Waals surface area contributed by atoms with Crippen molar-refractivity contribution in [1.82, 2.24) is 0 Å². The first kappa shape index (κ1) is 19.1. The molecular weight excluding hydrogens is 356 g/mol. The molecular formula is C19H22O8. The lowest BCUT2D eigenvalue weighted by atomic mass is 9.43. The Kier molecular flexibility index (Phi) is 4.61. The number of hydrogen-bond donors (Lipinski definition) is 0. The van der Waals surface area contributed by atoms with Crippen LogP contribution in [0.1, 0.15) is 20.8 Å². The van der Waals surface area contributed by atoms with E-state index >= 15 is 0 Å². The number of hydrogen-bond acceptors (Lipinski definition) is 8. The van der Waals surface area contributed by atoms with E-state index in [-0.39, 0.29) is 23.0 Å². The summed E-state index contributed by atoms with van der Waals surface area (Å²) < 4.78 is 20.7. The van der Waals surface area contributed by atoms with Crippen molar-refractivity contribution in [2.24, 2.45) is 23.2 Å². The molecule has 0 aromatic rings. The Bertz CT molecular complexity index is 779. The lowest BCUT2D eigenvalue weighted by Crippen LogP contribution is -2.70. The van der Waals surface area contributed by atoms with Gasteiger partial charge in [-0.2, -0.15) is 0 Å². The normalized spacial score (nSPS) is 35.7. The lowest BCUT2D eigenvalue weighted by molar-refractivity contribution is -0.233. The molecule has 0 aromatic carbocycles. The number of carbonyl (C=O) groups is 4. The summed E-state index contributed by atoms with van der Waals surface area (Å²) >= 11 is 0. The molecule has 0 saturated heterocycles. The van der Waals surface area contributed by atoms with E-state index in [1.165, 1.54) is 28.1 Å². The highest BCUT2D eigenvalue weighted by Gasteiger charge is 2.70. The molecule has 0 spiro atoms. The molecule has 27 heavy (non-hydrogen) atoms. The molecule has 0 radical (unpaired) electrons. The van der Waals surface area contributed by atoms with Gasteiger partial charge in [0.1, 0.15) is 12.2 Å². The van der Waals surface area contributed by atoms with Gasteiger partial charge in [-0.25, -0.2) is 9.59 Å². The minimum atomic E-state index is -0.924. The van der Waals surface area contributed by atoms with E-state index < -0.39 is 47.4 Å². The molecule has 1 saturated carbocycles. The number of esters is 4. The Balaban J connectivity index is 2.14. The topological polar surface area (TPSA) is 105 Å². The monoisotopic (exact) mass is 378 g/mol. The Morgan fingerprint density at radius 3 is 2.00 bits per heavy atom. The first-order valence-electron chi connectivity index (χ1n) is 8.62. The van der Waals surface area contributed by atoms with Gasteiger partial charge in [-0.15, -0.1) is 0 Å². The first-order valence-corrected chi connectivity index (χ1v) is 8.62. The van der Waals surface area contributed by atoms with Crippen molar-refractivity contribution < 1.29 is 38.1 Å². The largest absolute Gasteiger partial charge is 0.466 e. The molecule has 2 bridgehead atoms. The molecule has 0 aliphatic heterocycles. The third kappa shape index (κ3) is 2.65. The zero-order valence-electron chi connectivity index (χ0n) is 15.8. The number of rotatable bonds is 4. The highest BCUT2D eigenvalue weighted by atomic mass is 16.6. The van der Waals surface area contributed by atoms with Crippen LogP contribution in [-0.2, 0) is 38.1 Å². The molecule has 1 fully saturated rings. The summed E-state index contributed by atoms with van der Waals surface area (Å²) in [5.41, 5.74) is -0.523. The Morgan fingerprint density at radius 2 is 1.48 bits per heavy atom. The van der Waals surface area contributed by atoms with Crippen molar-refractivity contribution in [3.63, 3.8) is 0 Å². The van der Waals surface area contributed by atoms with Crippen LogP contribution in [0.3, 0.4) is 0 Å². The van der Waals surface area contributed by atoms with Crippen LogP contribution in [0.4, 0.5) is 0 Å². The van der Waals surface area contributed by atoms with Crippen LogP contribution in [0.15, 0.2) is 23.3 Å². The van der Waals surface area contributed by atoms with E-state index in [9.17, 15) is 19.2 Å². The highest BCUT2D eigenvalue weighted by Crippen LogP contribution is 2.64. The molecule has 0 N–H and O–H groups in total. The molecule has 8 heteroatoms. The van der Waals surface area contributed by atoms with E-state index in [2.05, 4.69) is 0 Å². The summed E-state index contributed by atoms with van der Waals surface area (Å²) in [5.74, 6) is -3.44. The zero-order valence-corrected chi connectivity index (χ0v) is 15.8. The van der Waals surface area contributed by atoms with Crippen molar-refractivity contribution in [2.75, 3.05) is 14.2 Å². The zero-order chi connectivity index (χ0) is 20.1. The van der Waals surface area contributed by atoms with Crippen LogP contribution in [0.25, 0.3) is 0 Å². The summed E-state index contributed by atoms with van der Waals surface area (Å²) in [4.78, 5) is 48.2. The molecule has 8 nitrogen and oxygen atoms in total. The molecule has 0 unspecified atom stereocenters. The van der Waals surface area contributed by atoms with E-state index in [0.717, 1.165) is 0 Å². The van der Waals surface area contributed by atoms with E-state index in [1.54, 1.807) is 6.92 Å². The fourth-order valence-corrected chi connectivity index (χ4v) is 4.86. The Labute approximate surface area is 156 Å². The standard InChI is InChI=1S/C19H22O8/c1-8(20)26-15-11-10-6-7-19(3,13(11)16(15)27-9(2)21)14(18(23)25-5)12(10)17(22)24-4/h6-7,10-11,13,15-16H,1-5H3/t10-,11+,13-,15+,16-,19-/m0/s1. The van der Waals surface area contributed by atoms with Crippen molar-refractivity contribution >= 4 is 23.9 Å². The first-order chi connectivity index (χ1) is 12.7. The van der Waals surface area contributed by atoms with E-state index in [1.807, 2.05) is 12.2 Å². The summed E-state index contributed by atoms with van der Waals surface area (Å²) in [7, 11) is 2.48. The van der Waals surface area contributed by atoms with Gasteiger partial charge in [0.25, 0.3) is 0 Å². The molecule has 0 heterocycles. The molecule has 0 aromatic heterocycles. The third-order valence-electron chi connectivity index (χ3n) is 5.77. The molecule has 146 valence electrons. The molecule has 4 aliphatic rings. The predicted molar refractivity (Wildman–Crippen MR) is 89.9 cm³/mol. The van der Waals surface area contributed by atoms with E-state index in [4.69, 9.17) is 18.9 Å². The molecule has 6 atom stereocenters. The van der Waals surface area contributed by atoms with Crippen LogP contribution in [0, 0.1) is 23.2 Å². The minimum absolute atomic E-state index is 0.198. The van der Waals surface area contributed by atoms with Crippen LogP contribution < -0.4 is 0 Å². The summed E-state index contributed by atoms with van der Waals surface area (Å²) in [6.45, 7) is 4.33. The average molecular weight is 378 g/mol. The van der Waals surface area contributed by atoms with Gasteiger partial charge in [0, 0.05) is 37.0 Å². The van der Waals surface area contributed by atoms with Gasteiger partial charge in [0.15, 0.2) is 0 Å². The fourth-order valence-electron chi connectivity index (χ4n) is 4.86. The van der Waals surface area contributed by atoms with Crippen molar-refractivity contribution in [2.45, 2.75) is 33.0 Å². The van der Waals surface area contributed by atoms with Gasteiger partial charge in [-0.05, 0) is 0 Å². The highest BCUT2D eigenvalue weighted by molar-refractivity contribution is 6.03. The van der Waals surface area contributed by atoms with Crippen LogP contribution in [-0.4, -0.2) is 50.3 Å². The van der Waals surface area contributed by atoms with Crippen LogP contribution >= 0.6 is 0 Å². The smallest absolute Gasteiger partial charge is 0.335 e. The van der Waals surface area contributed by atoms with Crippen molar-refractivity contribution in [3.8, 4) is 0 Å². The second-order valence-corrected chi connectivity index (χ2v) is 7.19. The average Bonchev–Trinajstić information content (AvgIpc) is 2.61.